The number of fused-ring (bicyclic) bond motifs is 5. The molecule has 3 aromatic carbocycles. The molecule has 3 aromatic rings. The van der Waals surface area contributed by atoms with Crippen molar-refractivity contribution in [3.8, 4) is 11.5 Å². The number of amides is 2. The number of imide groups is 1. The summed E-state index contributed by atoms with van der Waals surface area (Å²) in [5.74, 6) is 0.249. The van der Waals surface area contributed by atoms with E-state index in [4.69, 9.17) is 9.47 Å². The van der Waals surface area contributed by atoms with Crippen molar-refractivity contribution in [2.45, 2.75) is 0 Å². The predicted octanol–water partition coefficient (Wildman–Crippen LogP) is 5.89. The van der Waals surface area contributed by atoms with Crippen molar-refractivity contribution >= 4 is 39.0 Å². The maximum Gasteiger partial charge on any atom is 0.238 e. The molecular weight excluding hydrogens is 518 g/mol. The highest BCUT2D eigenvalue weighted by Gasteiger charge is 2.62. The highest BCUT2D eigenvalue weighted by atomic mass is 79.9. The van der Waals surface area contributed by atoms with Crippen molar-refractivity contribution in [2.24, 2.45) is 23.7 Å². The minimum absolute atomic E-state index is 0.124. The number of nitrogens with zero attached hydrogens (tertiary/aromatic N) is 1. The van der Waals surface area contributed by atoms with Crippen LogP contribution in [0.15, 0.2) is 95.0 Å². The minimum atomic E-state index is -0.395. The monoisotopic (exact) mass is 541 g/mol. The van der Waals surface area contributed by atoms with Gasteiger partial charge in [-0.3, -0.25) is 9.59 Å². The average molecular weight is 542 g/mol. The van der Waals surface area contributed by atoms with Crippen LogP contribution in [0.4, 0.5) is 5.69 Å². The Morgan fingerprint density at radius 1 is 0.750 bits per heavy atom. The van der Waals surface area contributed by atoms with E-state index in [1.807, 2.05) is 72.8 Å². The Morgan fingerprint density at radius 3 is 1.69 bits per heavy atom. The van der Waals surface area contributed by atoms with Crippen LogP contribution in [0.2, 0.25) is 0 Å². The van der Waals surface area contributed by atoms with Gasteiger partial charge in [-0.25, -0.2) is 4.90 Å². The van der Waals surface area contributed by atoms with Crippen LogP contribution in [0, 0.1) is 23.7 Å². The lowest BCUT2D eigenvalue weighted by Gasteiger charge is -2.22. The molecule has 36 heavy (non-hydrogen) atoms. The van der Waals surface area contributed by atoms with Crippen LogP contribution in [-0.2, 0) is 9.59 Å². The molecule has 3 aliphatic rings. The van der Waals surface area contributed by atoms with Gasteiger partial charge >= 0.3 is 0 Å². The topological polar surface area (TPSA) is 55.8 Å². The summed E-state index contributed by atoms with van der Waals surface area (Å²) in [5.41, 5.74) is 4.86. The second-order valence-electron chi connectivity index (χ2n) is 9.27. The van der Waals surface area contributed by atoms with Gasteiger partial charge in [0.2, 0.25) is 11.8 Å². The highest BCUT2D eigenvalue weighted by Crippen LogP contribution is 2.59. The lowest BCUT2D eigenvalue weighted by Crippen LogP contribution is -2.33. The Kier molecular flexibility index (Phi) is 5.56. The predicted molar refractivity (Wildman–Crippen MR) is 142 cm³/mol. The summed E-state index contributed by atoms with van der Waals surface area (Å²) < 4.78 is 11.6. The van der Waals surface area contributed by atoms with Crippen molar-refractivity contribution < 1.29 is 19.1 Å². The van der Waals surface area contributed by atoms with E-state index in [1.165, 1.54) is 4.90 Å². The zero-order valence-electron chi connectivity index (χ0n) is 19.9. The second-order valence-corrected chi connectivity index (χ2v) is 10.2. The van der Waals surface area contributed by atoms with Gasteiger partial charge in [0.05, 0.1) is 31.7 Å². The largest absolute Gasteiger partial charge is 0.497 e. The Hall–Kier alpha value is -3.64. The number of rotatable bonds is 5. The quantitative estimate of drug-likeness (QED) is 0.298. The van der Waals surface area contributed by atoms with E-state index < -0.39 is 11.8 Å². The van der Waals surface area contributed by atoms with Crippen molar-refractivity contribution in [3.63, 3.8) is 0 Å². The highest BCUT2D eigenvalue weighted by molar-refractivity contribution is 9.10. The first-order chi connectivity index (χ1) is 17.5. The van der Waals surface area contributed by atoms with E-state index in [9.17, 15) is 9.59 Å². The summed E-state index contributed by atoms with van der Waals surface area (Å²) in [5, 5.41) is 0. The number of anilines is 1. The molecule has 0 spiro atoms. The van der Waals surface area contributed by atoms with Gasteiger partial charge in [0.15, 0.2) is 0 Å². The van der Waals surface area contributed by atoms with E-state index >= 15 is 0 Å². The van der Waals surface area contributed by atoms with E-state index in [0.717, 1.165) is 38.2 Å². The van der Waals surface area contributed by atoms with Gasteiger partial charge in [-0.05, 0) is 64.7 Å². The summed E-state index contributed by atoms with van der Waals surface area (Å²) >= 11 is 3.46. The molecule has 0 radical (unpaired) electrons. The summed E-state index contributed by atoms with van der Waals surface area (Å²) in [6.45, 7) is 0. The zero-order chi connectivity index (χ0) is 25.0. The summed E-state index contributed by atoms with van der Waals surface area (Å²) in [4.78, 5) is 28.8. The molecule has 2 aliphatic carbocycles. The van der Waals surface area contributed by atoms with Gasteiger partial charge in [-0.15, -0.1) is 0 Å². The van der Waals surface area contributed by atoms with Crippen molar-refractivity contribution in [2.75, 3.05) is 19.1 Å². The molecule has 180 valence electrons. The van der Waals surface area contributed by atoms with Gasteiger partial charge in [-0.1, -0.05) is 58.4 Å². The maximum absolute atomic E-state index is 13.7. The average Bonchev–Trinajstić information content (AvgIpc) is 3.54. The van der Waals surface area contributed by atoms with Crippen LogP contribution in [0.5, 0.6) is 11.5 Å². The Balaban J connectivity index is 1.48. The fourth-order valence-corrected chi connectivity index (χ4v) is 6.37. The van der Waals surface area contributed by atoms with Crippen molar-refractivity contribution in [1.82, 2.24) is 0 Å². The van der Waals surface area contributed by atoms with Crippen LogP contribution >= 0.6 is 15.9 Å². The molecular formula is C30H24BrNO4. The Morgan fingerprint density at radius 2 is 1.25 bits per heavy atom. The molecule has 1 aliphatic heterocycles. The number of allylic oxidation sites excluding steroid dienone is 3. The lowest BCUT2D eigenvalue weighted by molar-refractivity contribution is -0.122. The van der Waals surface area contributed by atoms with Crippen LogP contribution in [0.1, 0.15) is 11.1 Å². The Bertz CT molecular complexity index is 1340. The zero-order valence-corrected chi connectivity index (χ0v) is 21.4. The smallest absolute Gasteiger partial charge is 0.238 e. The van der Waals surface area contributed by atoms with E-state index in [-0.39, 0.29) is 23.7 Å². The molecule has 5 nitrogen and oxygen atoms in total. The molecule has 0 unspecified atom stereocenters. The van der Waals surface area contributed by atoms with E-state index in [1.54, 1.807) is 14.2 Å². The normalized spacial score (nSPS) is 23.9. The molecule has 1 saturated carbocycles. The third kappa shape index (κ3) is 3.43. The van der Waals surface area contributed by atoms with Crippen molar-refractivity contribution in [3.05, 3.63) is 106 Å². The summed E-state index contributed by atoms with van der Waals surface area (Å²) in [6.07, 6.45) is 4.23. The fraction of sp³-hybridized carbons (Fsp3) is 0.200. The number of carbonyl (C=O) groups is 2. The fourth-order valence-electron chi connectivity index (χ4n) is 5.98. The van der Waals surface area contributed by atoms with E-state index in [0.29, 0.717) is 5.69 Å². The van der Waals surface area contributed by atoms with E-state index in [2.05, 4.69) is 28.1 Å². The molecule has 2 fully saturated rings. The molecule has 4 atom stereocenters. The number of carbonyl (C=O) groups excluding carboxylic acids is 2. The first-order valence-corrected chi connectivity index (χ1v) is 12.7. The maximum atomic E-state index is 13.7. The molecule has 1 saturated heterocycles. The first kappa shape index (κ1) is 22.8. The summed E-state index contributed by atoms with van der Waals surface area (Å²) in [6, 6.07) is 23.3. The first-order valence-electron chi connectivity index (χ1n) is 11.9. The molecule has 6 heteroatoms. The van der Waals surface area contributed by atoms with Gasteiger partial charge in [0.1, 0.15) is 11.5 Å². The standard InChI is InChI=1S/C30H24BrNO4/c1-35-21-10-6-17(7-11-21)25(18-8-12-22(36-2)13-9-18)26-23-14-15-24(26)28-27(23)29(33)32(30(28)34)20-5-3-4-19(31)16-20/h3-16,23-24,27-28H,1-2H3/t23-,24+,27-,28-/m1/s1. The van der Waals surface area contributed by atoms with Crippen LogP contribution in [0.3, 0.4) is 0 Å². The van der Waals surface area contributed by atoms with Gasteiger partial charge < -0.3 is 9.47 Å². The van der Waals surface area contributed by atoms with Crippen LogP contribution < -0.4 is 14.4 Å². The molecule has 2 amide bonds. The molecule has 0 N–H and O–H groups in total. The number of halogens is 1. The summed E-state index contributed by atoms with van der Waals surface area (Å²) in [7, 11) is 3.29. The van der Waals surface area contributed by atoms with Gasteiger partial charge in [-0.2, -0.15) is 0 Å². The van der Waals surface area contributed by atoms with Gasteiger partial charge in [0, 0.05) is 16.3 Å². The SMILES string of the molecule is COc1ccc(C(=C2[C@H]3C=C[C@@H]2[C@H]2C(=O)N(c4cccc(Br)c4)C(=O)[C@@H]23)c2ccc(OC)cc2)cc1. The number of benzene rings is 3. The molecule has 2 bridgehead atoms. The lowest BCUT2D eigenvalue weighted by atomic mass is 9.85. The van der Waals surface area contributed by atoms with Crippen molar-refractivity contribution in [1.29, 1.82) is 0 Å². The number of methoxy groups -OCH3 is 2. The number of ether oxygens (including phenoxy) is 2. The third-order valence-electron chi connectivity index (χ3n) is 7.53. The second kappa shape index (κ2) is 8.79. The van der Waals surface area contributed by atoms with Gasteiger partial charge in [0.25, 0.3) is 0 Å². The van der Waals surface area contributed by atoms with Crippen LogP contribution in [-0.4, -0.2) is 26.0 Å². The Labute approximate surface area is 218 Å². The number of hydrogen-bond donors (Lipinski definition) is 0. The third-order valence-corrected chi connectivity index (χ3v) is 8.02. The number of hydrogen-bond acceptors (Lipinski definition) is 4. The molecule has 6 rings (SSSR count). The van der Waals surface area contributed by atoms with Crippen LogP contribution in [0.25, 0.3) is 5.57 Å². The molecule has 1 heterocycles. The molecule has 0 aromatic heterocycles. The minimum Gasteiger partial charge on any atom is -0.497 e.